The molecule has 16 heavy (non-hydrogen) atoms. The number of unbranched alkanes of at least 4 members (excludes halogenated alkanes) is 2. The van der Waals surface area contributed by atoms with E-state index in [-0.39, 0.29) is 0 Å². The second-order valence-electron chi connectivity index (χ2n) is 3.68. The van der Waals surface area contributed by atoms with Gasteiger partial charge in [-0.05, 0) is 30.4 Å². The van der Waals surface area contributed by atoms with Crippen molar-refractivity contribution in [2.75, 3.05) is 11.5 Å². The van der Waals surface area contributed by atoms with Crippen molar-refractivity contribution >= 4 is 23.4 Å². The number of primary amides is 1. The van der Waals surface area contributed by atoms with Crippen molar-refractivity contribution in [2.45, 2.75) is 31.1 Å². The van der Waals surface area contributed by atoms with Gasteiger partial charge in [0.25, 0.3) is 0 Å². The van der Waals surface area contributed by atoms with Gasteiger partial charge in [0.15, 0.2) is 0 Å². The summed E-state index contributed by atoms with van der Waals surface area (Å²) in [5.74, 6) is 0.600. The van der Waals surface area contributed by atoms with Crippen LogP contribution in [0.3, 0.4) is 0 Å². The van der Waals surface area contributed by atoms with Gasteiger partial charge in [-0.15, -0.1) is 11.8 Å². The van der Waals surface area contributed by atoms with Crippen molar-refractivity contribution < 1.29 is 4.79 Å². The Balaban J connectivity index is 2.67. The quantitative estimate of drug-likeness (QED) is 0.455. The summed E-state index contributed by atoms with van der Waals surface area (Å²) in [6.45, 7) is 2.17. The molecule has 0 unspecified atom stereocenters. The molecule has 0 spiro atoms. The number of amides is 1. The lowest BCUT2D eigenvalue weighted by Gasteiger charge is -2.07. The summed E-state index contributed by atoms with van der Waals surface area (Å²) >= 11 is 1.67. The van der Waals surface area contributed by atoms with Crippen LogP contribution in [-0.2, 0) is 0 Å². The molecule has 0 aromatic heterocycles. The molecule has 0 saturated heterocycles. The molecule has 0 saturated carbocycles. The molecule has 0 aliphatic rings. The normalized spacial score (nSPS) is 10.3. The Morgan fingerprint density at radius 1 is 1.38 bits per heavy atom. The molecular weight excluding hydrogens is 220 g/mol. The summed E-state index contributed by atoms with van der Waals surface area (Å²) in [6, 6.07) is 5.31. The largest absolute Gasteiger partial charge is 0.399 e. The zero-order valence-corrected chi connectivity index (χ0v) is 10.3. The average Bonchev–Trinajstić information content (AvgIpc) is 2.26. The Morgan fingerprint density at radius 3 is 2.75 bits per heavy atom. The minimum atomic E-state index is -0.412. The van der Waals surface area contributed by atoms with Crippen molar-refractivity contribution in [1.29, 1.82) is 0 Å². The third-order valence-electron chi connectivity index (χ3n) is 2.27. The summed E-state index contributed by atoms with van der Waals surface area (Å²) in [5, 5.41) is 0. The van der Waals surface area contributed by atoms with E-state index in [1.54, 1.807) is 23.9 Å². The smallest absolute Gasteiger partial charge is 0.249 e. The zero-order chi connectivity index (χ0) is 12.0. The van der Waals surface area contributed by atoms with Gasteiger partial charge in [-0.25, -0.2) is 0 Å². The number of hydrogen-bond acceptors (Lipinski definition) is 3. The Kier molecular flexibility index (Phi) is 5.19. The summed E-state index contributed by atoms with van der Waals surface area (Å²) < 4.78 is 0. The lowest BCUT2D eigenvalue weighted by atomic mass is 10.2. The molecule has 1 aromatic carbocycles. The number of thioether (sulfide) groups is 1. The van der Waals surface area contributed by atoms with E-state index in [9.17, 15) is 4.79 Å². The van der Waals surface area contributed by atoms with E-state index in [2.05, 4.69) is 6.92 Å². The van der Waals surface area contributed by atoms with E-state index in [1.807, 2.05) is 6.07 Å². The molecular formula is C12H18N2OS. The molecule has 0 aliphatic heterocycles. The van der Waals surface area contributed by atoms with Gasteiger partial charge in [0.2, 0.25) is 5.91 Å². The van der Waals surface area contributed by atoms with Crippen LogP contribution < -0.4 is 11.5 Å². The Labute approximate surface area is 101 Å². The van der Waals surface area contributed by atoms with E-state index in [1.165, 1.54) is 12.8 Å². The van der Waals surface area contributed by atoms with Crippen molar-refractivity contribution in [1.82, 2.24) is 0 Å². The highest BCUT2D eigenvalue weighted by atomic mass is 32.2. The predicted molar refractivity (Wildman–Crippen MR) is 69.6 cm³/mol. The zero-order valence-electron chi connectivity index (χ0n) is 9.53. The molecule has 0 aliphatic carbocycles. The minimum absolute atomic E-state index is 0.412. The second kappa shape index (κ2) is 6.43. The van der Waals surface area contributed by atoms with Crippen molar-refractivity contribution in [3.8, 4) is 0 Å². The predicted octanol–water partition coefficient (Wildman–Crippen LogP) is 2.65. The van der Waals surface area contributed by atoms with Crippen LogP contribution in [0.4, 0.5) is 5.69 Å². The maximum atomic E-state index is 11.2. The van der Waals surface area contributed by atoms with Gasteiger partial charge in [0.1, 0.15) is 0 Å². The van der Waals surface area contributed by atoms with Gasteiger partial charge >= 0.3 is 0 Å². The van der Waals surface area contributed by atoms with Crippen molar-refractivity contribution in [2.24, 2.45) is 5.73 Å². The molecule has 0 bridgehead atoms. The minimum Gasteiger partial charge on any atom is -0.399 e. The maximum absolute atomic E-state index is 11.2. The molecule has 4 N–H and O–H groups in total. The van der Waals surface area contributed by atoms with Crippen LogP contribution in [0.2, 0.25) is 0 Å². The number of carbonyl (C=O) groups excluding carboxylic acids is 1. The summed E-state index contributed by atoms with van der Waals surface area (Å²) in [4.78, 5) is 12.1. The van der Waals surface area contributed by atoms with Crippen LogP contribution >= 0.6 is 11.8 Å². The highest BCUT2D eigenvalue weighted by molar-refractivity contribution is 7.99. The molecule has 1 rings (SSSR count). The van der Waals surface area contributed by atoms with Gasteiger partial charge in [-0.2, -0.15) is 0 Å². The van der Waals surface area contributed by atoms with Crippen LogP contribution in [0.15, 0.2) is 23.1 Å². The van der Waals surface area contributed by atoms with Crippen LogP contribution in [0.1, 0.15) is 36.5 Å². The first-order valence-electron chi connectivity index (χ1n) is 5.47. The third kappa shape index (κ3) is 3.77. The fourth-order valence-electron chi connectivity index (χ4n) is 1.40. The number of nitrogen functional groups attached to an aromatic ring is 1. The lowest BCUT2D eigenvalue weighted by molar-refractivity contribution is 0.0997. The van der Waals surface area contributed by atoms with Crippen molar-refractivity contribution in [3.63, 3.8) is 0 Å². The number of anilines is 1. The molecule has 88 valence electrons. The number of hydrogen-bond donors (Lipinski definition) is 2. The van der Waals surface area contributed by atoms with Crippen molar-refractivity contribution in [3.05, 3.63) is 23.8 Å². The fraction of sp³-hybridized carbons (Fsp3) is 0.417. The van der Waals surface area contributed by atoms with E-state index in [4.69, 9.17) is 11.5 Å². The van der Waals surface area contributed by atoms with Gasteiger partial charge in [0, 0.05) is 10.6 Å². The van der Waals surface area contributed by atoms with E-state index >= 15 is 0 Å². The molecule has 0 atom stereocenters. The first kappa shape index (κ1) is 12.9. The molecule has 0 fully saturated rings. The first-order valence-corrected chi connectivity index (χ1v) is 6.46. The molecule has 3 nitrogen and oxygen atoms in total. The van der Waals surface area contributed by atoms with Crippen LogP contribution in [0.5, 0.6) is 0 Å². The molecule has 1 amide bonds. The van der Waals surface area contributed by atoms with E-state index < -0.39 is 5.91 Å². The number of nitrogens with two attached hydrogens (primary N) is 2. The Hall–Kier alpha value is -1.16. The first-order chi connectivity index (χ1) is 7.65. The monoisotopic (exact) mass is 238 g/mol. The standard InChI is InChI=1S/C12H18N2OS/c1-2-3-4-7-16-11-6-5-9(13)8-10(11)12(14)15/h5-6,8H,2-4,7,13H2,1H3,(H2,14,15). The fourth-order valence-corrected chi connectivity index (χ4v) is 2.45. The summed E-state index contributed by atoms with van der Waals surface area (Å²) in [6.07, 6.45) is 3.57. The van der Waals surface area contributed by atoms with E-state index in [0.717, 1.165) is 17.1 Å². The second-order valence-corrected chi connectivity index (χ2v) is 4.81. The van der Waals surface area contributed by atoms with Gasteiger partial charge < -0.3 is 11.5 Å². The average molecular weight is 238 g/mol. The molecule has 1 aromatic rings. The number of rotatable bonds is 6. The summed E-state index contributed by atoms with van der Waals surface area (Å²) in [5.41, 5.74) is 12.0. The van der Waals surface area contributed by atoms with E-state index in [0.29, 0.717) is 11.3 Å². The third-order valence-corrected chi connectivity index (χ3v) is 3.43. The molecule has 0 heterocycles. The van der Waals surface area contributed by atoms with Crippen LogP contribution in [-0.4, -0.2) is 11.7 Å². The number of benzene rings is 1. The lowest BCUT2D eigenvalue weighted by Crippen LogP contribution is -2.12. The van der Waals surface area contributed by atoms with Crippen LogP contribution in [0, 0.1) is 0 Å². The van der Waals surface area contributed by atoms with Gasteiger partial charge in [-0.3, -0.25) is 4.79 Å². The molecule has 4 heteroatoms. The van der Waals surface area contributed by atoms with Crippen LogP contribution in [0.25, 0.3) is 0 Å². The molecule has 0 radical (unpaired) electrons. The Morgan fingerprint density at radius 2 is 2.12 bits per heavy atom. The maximum Gasteiger partial charge on any atom is 0.249 e. The Bertz CT molecular complexity index is 366. The van der Waals surface area contributed by atoms with Gasteiger partial charge in [-0.1, -0.05) is 19.8 Å². The highest BCUT2D eigenvalue weighted by Crippen LogP contribution is 2.25. The van der Waals surface area contributed by atoms with Gasteiger partial charge in [0.05, 0.1) is 5.56 Å². The highest BCUT2D eigenvalue weighted by Gasteiger charge is 2.08. The number of carbonyl (C=O) groups is 1. The SMILES string of the molecule is CCCCCSc1ccc(N)cc1C(N)=O. The summed E-state index contributed by atoms with van der Waals surface area (Å²) in [7, 11) is 0. The topological polar surface area (TPSA) is 69.1 Å².